The lowest BCUT2D eigenvalue weighted by atomic mass is 10.1. The van der Waals surface area contributed by atoms with E-state index in [1.165, 1.54) is 24.3 Å². The Bertz CT molecular complexity index is 601. The summed E-state index contributed by atoms with van der Waals surface area (Å²) in [6.07, 6.45) is 2.69. The lowest BCUT2D eigenvalue weighted by Gasteiger charge is -2.19. The molecule has 1 fully saturated rings. The zero-order valence-corrected chi connectivity index (χ0v) is 11.9. The van der Waals surface area contributed by atoms with Crippen LogP contribution in [0.4, 0.5) is 0 Å². The van der Waals surface area contributed by atoms with Gasteiger partial charge in [0.05, 0.1) is 4.90 Å². The molecule has 1 aromatic rings. The van der Waals surface area contributed by atoms with E-state index >= 15 is 0 Å². The van der Waals surface area contributed by atoms with Crippen molar-refractivity contribution in [2.24, 2.45) is 17.4 Å². The van der Waals surface area contributed by atoms with E-state index in [1.54, 1.807) is 0 Å². The Morgan fingerprint density at radius 3 is 2.75 bits per heavy atom. The van der Waals surface area contributed by atoms with Gasteiger partial charge in [-0.2, -0.15) is 0 Å². The molecule has 0 aromatic heterocycles. The Morgan fingerprint density at radius 2 is 2.10 bits per heavy atom. The molecule has 7 heteroatoms. The van der Waals surface area contributed by atoms with Crippen LogP contribution in [0, 0.1) is 5.92 Å². The molecule has 1 aliphatic rings. The molecular formula is C13H19N3O3S. The number of rotatable bonds is 5. The lowest BCUT2D eigenvalue weighted by molar-refractivity contribution is 0.1000. The minimum Gasteiger partial charge on any atom is -0.366 e. The van der Waals surface area contributed by atoms with E-state index in [0.717, 1.165) is 19.3 Å². The van der Waals surface area contributed by atoms with Crippen LogP contribution >= 0.6 is 0 Å². The summed E-state index contributed by atoms with van der Waals surface area (Å²) in [7, 11) is -3.66. The maximum atomic E-state index is 12.3. The topological polar surface area (TPSA) is 115 Å². The fourth-order valence-electron chi connectivity index (χ4n) is 2.56. The summed E-state index contributed by atoms with van der Waals surface area (Å²) in [5.74, 6) is -0.480. The molecular weight excluding hydrogens is 278 g/mol. The van der Waals surface area contributed by atoms with Crippen molar-refractivity contribution in [1.29, 1.82) is 0 Å². The minimum atomic E-state index is -3.66. The second-order valence-electron chi connectivity index (χ2n) is 5.05. The first-order valence-electron chi connectivity index (χ1n) is 6.56. The predicted octanol–water partition coefficient (Wildman–Crippen LogP) is 0.191. The summed E-state index contributed by atoms with van der Waals surface area (Å²) in [5, 5.41) is 0. The van der Waals surface area contributed by atoms with Crippen LogP contribution in [-0.2, 0) is 10.0 Å². The SMILES string of the molecule is NCC1CCCC1NS(=O)(=O)c1cccc(C(N)=O)c1. The normalized spacial score (nSPS) is 22.9. The van der Waals surface area contributed by atoms with Crippen LogP contribution in [0.25, 0.3) is 0 Å². The Labute approximate surface area is 118 Å². The van der Waals surface area contributed by atoms with E-state index in [4.69, 9.17) is 11.5 Å². The molecule has 0 radical (unpaired) electrons. The first kappa shape index (κ1) is 15.0. The van der Waals surface area contributed by atoms with Gasteiger partial charge < -0.3 is 11.5 Å². The molecule has 110 valence electrons. The van der Waals surface area contributed by atoms with Crippen LogP contribution in [0.15, 0.2) is 29.2 Å². The smallest absolute Gasteiger partial charge is 0.248 e. The summed E-state index contributed by atoms with van der Waals surface area (Å²) < 4.78 is 27.3. The number of sulfonamides is 1. The molecule has 1 aliphatic carbocycles. The van der Waals surface area contributed by atoms with Crippen LogP contribution in [0.2, 0.25) is 0 Å². The van der Waals surface area contributed by atoms with Crippen LogP contribution in [0.3, 0.4) is 0 Å². The third-order valence-corrected chi connectivity index (χ3v) is 5.18. The van der Waals surface area contributed by atoms with Gasteiger partial charge in [-0.05, 0) is 43.5 Å². The highest BCUT2D eigenvalue weighted by molar-refractivity contribution is 7.89. The number of benzene rings is 1. The fourth-order valence-corrected chi connectivity index (χ4v) is 3.94. The van der Waals surface area contributed by atoms with Gasteiger partial charge in [0.25, 0.3) is 0 Å². The largest absolute Gasteiger partial charge is 0.366 e. The van der Waals surface area contributed by atoms with E-state index in [1.807, 2.05) is 0 Å². The highest BCUT2D eigenvalue weighted by Gasteiger charge is 2.30. The van der Waals surface area contributed by atoms with Gasteiger partial charge in [0.1, 0.15) is 0 Å². The first-order chi connectivity index (χ1) is 9.44. The van der Waals surface area contributed by atoms with Gasteiger partial charge in [-0.1, -0.05) is 12.5 Å². The average molecular weight is 297 g/mol. The minimum absolute atomic E-state index is 0.0523. The molecule has 0 aliphatic heterocycles. The monoisotopic (exact) mass is 297 g/mol. The van der Waals surface area contributed by atoms with E-state index in [-0.39, 0.29) is 22.4 Å². The highest BCUT2D eigenvalue weighted by atomic mass is 32.2. The van der Waals surface area contributed by atoms with Crippen molar-refractivity contribution in [2.45, 2.75) is 30.2 Å². The molecule has 5 N–H and O–H groups in total. The van der Waals surface area contributed by atoms with Crippen LogP contribution in [0.5, 0.6) is 0 Å². The molecule has 0 spiro atoms. The van der Waals surface area contributed by atoms with Crippen molar-refractivity contribution in [1.82, 2.24) is 4.72 Å². The Balaban J connectivity index is 2.22. The quantitative estimate of drug-likeness (QED) is 0.719. The number of hydrogen-bond acceptors (Lipinski definition) is 4. The van der Waals surface area contributed by atoms with Gasteiger partial charge in [-0.15, -0.1) is 0 Å². The second-order valence-corrected chi connectivity index (χ2v) is 6.76. The molecule has 20 heavy (non-hydrogen) atoms. The third-order valence-electron chi connectivity index (χ3n) is 3.70. The second kappa shape index (κ2) is 5.90. The lowest BCUT2D eigenvalue weighted by Crippen LogP contribution is -2.39. The number of amides is 1. The van der Waals surface area contributed by atoms with E-state index in [0.29, 0.717) is 6.54 Å². The van der Waals surface area contributed by atoms with Gasteiger partial charge in [0, 0.05) is 11.6 Å². The molecule has 2 unspecified atom stereocenters. The summed E-state index contributed by atoms with van der Waals surface area (Å²) in [4.78, 5) is 11.2. The number of hydrogen-bond donors (Lipinski definition) is 3. The number of nitrogens with one attached hydrogen (secondary N) is 1. The van der Waals surface area contributed by atoms with Crippen molar-refractivity contribution in [2.75, 3.05) is 6.54 Å². The van der Waals surface area contributed by atoms with Crippen molar-refractivity contribution in [3.05, 3.63) is 29.8 Å². The number of carbonyl (C=O) groups excluding carboxylic acids is 1. The molecule has 0 heterocycles. The zero-order valence-electron chi connectivity index (χ0n) is 11.1. The van der Waals surface area contributed by atoms with Crippen molar-refractivity contribution >= 4 is 15.9 Å². The molecule has 2 rings (SSSR count). The predicted molar refractivity (Wildman–Crippen MR) is 75.5 cm³/mol. The number of nitrogens with two attached hydrogens (primary N) is 2. The maximum absolute atomic E-state index is 12.3. The molecule has 1 aromatic carbocycles. The van der Waals surface area contributed by atoms with E-state index in [9.17, 15) is 13.2 Å². The zero-order chi connectivity index (χ0) is 14.8. The van der Waals surface area contributed by atoms with Crippen molar-refractivity contribution in [3.63, 3.8) is 0 Å². The Morgan fingerprint density at radius 1 is 1.35 bits per heavy atom. The third kappa shape index (κ3) is 3.17. The molecule has 0 saturated heterocycles. The Hall–Kier alpha value is -1.44. The van der Waals surface area contributed by atoms with Crippen molar-refractivity contribution < 1.29 is 13.2 Å². The highest BCUT2D eigenvalue weighted by Crippen LogP contribution is 2.26. The molecule has 6 nitrogen and oxygen atoms in total. The first-order valence-corrected chi connectivity index (χ1v) is 8.04. The molecule has 1 amide bonds. The Kier molecular flexibility index (Phi) is 4.42. The number of primary amides is 1. The molecule has 0 bridgehead atoms. The van der Waals surface area contributed by atoms with E-state index in [2.05, 4.69) is 4.72 Å². The molecule has 2 atom stereocenters. The van der Waals surface area contributed by atoms with Crippen LogP contribution in [0.1, 0.15) is 29.6 Å². The maximum Gasteiger partial charge on any atom is 0.248 e. The van der Waals surface area contributed by atoms with Crippen LogP contribution in [-0.4, -0.2) is 26.9 Å². The number of carbonyl (C=O) groups is 1. The van der Waals surface area contributed by atoms with Gasteiger partial charge in [-0.3, -0.25) is 4.79 Å². The summed E-state index contributed by atoms with van der Waals surface area (Å²) in [6, 6.07) is 5.59. The standard InChI is InChI=1S/C13H19N3O3S/c14-8-10-4-2-6-12(10)16-20(18,19)11-5-1-3-9(7-11)13(15)17/h1,3,5,7,10,12,16H,2,4,6,8,14H2,(H2,15,17). The van der Waals surface area contributed by atoms with Crippen molar-refractivity contribution in [3.8, 4) is 0 Å². The van der Waals surface area contributed by atoms with Gasteiger partial charge in [-0.25, -0.2) is 13.1 Å². The van der Waals surface area contributed by atoms with Crippen LogP contribution < -0.4 is 16.2 Å². The van der Waals surface area contributed by atoms with Gasteiger partial charge in [0.15, 0.2) is 0 Å². The van der Waals surface area contributed by atoms with E-state index < -0.39 is 15.9 Å². The molecule has 1 saturated carbocycles. The summed E-state index contributed by atoms with van der Waals surface area (Å²) in [5.41, 5.74) is 11.0. The average Bonchev–Trinajstić information content (AvgIpc) is 2.85. The van der Waals surface area contributed by atoms with Gasteiger partial charge >= 0.3 is 0 Å². The summed E-state index contributed by atoms with van der Waals surface area (Å²) in [6.45, 7) is 0.467. The fraction of sp³-hybridized carbons (Fsp3) is 0.462. The van der Waals surface area contributed by atoms with Gasteiger partial charge in [0.2, 0.25) is 15.9 Å². The summed E-state index contributed by atoms with van der Waals surface area (Å²) >= 11 is 0.